The van der Waals surface area contributed by atoms with Crippen molar-refractivity contribution in [1.29, 1.82) is 5.26 Å². The van der Waals surface area contributed by atoms with Crippen LogP contribution in [-0.2, 0) is 0 Å². The van der Waals surface area contributed by atoms with E-state index in [4.69, 9.17) is 5.26 Å². The van der Waals surface area contributed by atoms with Gasteiger partial charge in [0, 0.05) is 11.4 Å². The summed E-state index contributed by atoms with van der Waals surface area (Å²) in [6, 6.07) is 9.52. The van der Waals surface area contributed by atoms with Gasteiger partial charge in [-0.1, -0.05) is 19.1 Å². The molecule has 1 aromatic carbocycles. The van der Waals surface area contributed by atoms with Crippen LogP contribution in [0.2, 0.25) is 0 Å². The number of benzene rings is 1. The highest BCUT2D eigenvalue weighted by molar-refractivity contribution is 5.52. The van der Waals surface area contributed by atoms with E-state index in [1.807, 2.05) is 25.1 Å². The third-order valence-corrected chi connectivity index (χ3v) is 2.15. The molecule has 0 saturated heterocycles. The number of hydrogen-bond acceptors (Lipinski definition) is 2. The van der Waals surface area contributed by atoms with E-state index >= 15 is 0 Å². The van der Waals surface area contributed by atoms with Gasteiger partial charge in [-0.25, -0.2) is 0 Å². The lowest BCUT2D eigenvalue weighted by Gasteiger charge is -2.06. The predicted molar refractivity (Wildman–Crippen MR) is 68.0 cm³/mol. The molecule has 0 heterocycles. The van der Waals surface area contributed by atoms with E-state index < -0.39 is 0 Å². The Morgan fingerprint density at radius 1 is 1.38 bits per heavy atom. The first kappa shape index (κ1) is 12.1. The Balaban J connectivity index is 2.72. The van der Waals surface area contributed by atoms with Crippen molar-refractivity contribution in [1.82, 2.24) is 0 Å². The molecule has 0 fully saturated rings. The second-order valence-corrected chi connectivity index (χ2v) is 3.37. The highest BCUT2D eigenvalue weighted by Crippen LogP contribution is 2.12. The zero-order chi connectivity index (χ0) is 11.8. The summed E-state index contributed by atoms with van der Waals surface area (Å²) in [7, 11) is 0. The summed E-state index contributed by atoms with van der Waals surface area (Å²) in [4.78, 5) is 0. The fourth-order valence-corrected chi connectivity index (χ4v) is 1.25. The minimum Gasteiger partial charge on any atom is -0.356 e. The third kappa shape index (κ3) is 3.62. The van der Waals surface area contributed by atoms with Gasteiger partial charge in [0.15, 0.2) is 0 Å². The molecule has 2 heteroatoms. The number of allylic oxidation sites excluding steroid dienone is 3. The summed E-state index contributed by atoms with van der Waals surface area (Å²) in [6.45, 7) is 4.09. The van der Waals surface area contributed by atoms with Crippen LogP contribution < -0.4 is 5.32 Å². The van der Waals surface area contributed by atoms with Crippen molar-refractivity contribution in [3.05, 3.63) is 53.8 Å². The van der Waals surface area contributed by atoms with E-state index in [1.54, 1.807) is 12.1 Å². The van der Waals surface area contributed by atoms with Gasteiger partial charge in [0.05, 0.1) is 11.6 Å². The van der Waals surface area contributed by atoms with Gasteiger partial charge >= 0.3 is 0 Å². The number of nitriles is 1. The van der Waals surface area contributed by atoms with Gasteiger partial charge in [-0.2, -0.15) is 5.26 Å². The quantitative estimate of drug-likeness (QED) is 0.770. The third-order valence-electron chi connectivity index (χ3n) is 2.15. The Kier molecular flexibility index (Phi) is 4.88. The van der Waals surface area contributed by atoms with E-state index in [-0.39, 0.29) is 0 Å². The van der Waals surface area contributed by atoms with Crippen LogP contribution in [0.1, 0.15) is 25.8 Å². The monoisotopic (exact) mass is 212 g/mol. The lowest BCUT2D eigenvalue weighted by Crippen LogP contribution is -1.96. The smallest absolute Gasteiger partial charge is 0.0991 e. The molecule has 82 valence electrons. The SMILES string of the molecule is C/C=C(\C=C/CC)Nc1ccc(C#N)cc1. The lowest BCUT2D eigenvalue weighted by molar-refractivity contribution is 1.22. The van der Waals surface area contributed by atoms with Gasteiger partial charge in [-0.3, -0.25) is 0 Å². The second kappa shape index (κ2) is 6.47. The van der Waals surface area contributed by atoms with E-state index in [9.17, 15) is 0 Å². The van der Waals surface area contributed by atoms with Crippen LogP contribution in [0.3, 0.4) is 0 Å². The van der Waals surface area contributed by atoms with E-state index in [2.05, 4.69) is 30.5 Å². The summed E-state index contributed by atoms with van der Waals surface area (Å²) in [6.07, 6.45) is 7.20. The summed E-state index contributed by atoms with van der Waals surface area (Å²) in [5.41, 5.74) is 2.73. The summed E-state index contributed by atoms with van der Waals surface area (Å²) < 4.78 is 0. The van der Waals surface area contributed by atoms with Crippen LogP contribution in [0.25, 0.3) is 0 Å². The van der Waals surface area contributed by atoms with E-state index in [1.165, 1.54) is 0 Å². The molecule has 0 amide bonds. The van der Waals surface area contributed by atoms with Gasteiger partial charge in [-0.15, -0.1) is 0 Å². The second-order valence-electron chi connectivity index (χ2n) is 3.37. The molecular formula is C14H16N2. The Morgan fingerprint density at radius 2 is 2.06 bits per heavy atom. The molecule has 0 atom stereocenters. The van der Waals surface area contributed by atoms with Crippen LogP contribution in [0, 0.1) is 11.3 Å². The van der Waals surface area contributed by atoms with Crippen molar-refractivity contribution < 1.29 is 0 Å². The average molecular weight is 212 g/mol. The Labute approximate surface area is 96.9 Å². The highest BCUT2D eigenvalue weighted by Gasteiger charge is 1.94. The molecule has 0 aliphatic rings. The Hall–Kier alpha value is -2.01. The van der Waals surface area contributed by atoms with Crippen molar-refractivity contribution in [2.75, 3.05) is 5.32 Å². The van der Waals surface area contributed by atoms with Crippen LogP contribution in [0.15, 0.2) is 48.2 Å². The number of nitrogens with zero attached hydrogens (tertiary/aromatic N) is 1. The molecule has 16 heavy (non-hydrogen) atoms. The zero-order valence-electron chi connectivity index (χ0n) is 9.70. The standard InChI is InChI=1S/C14H16N2/c1-3-5-6-13(4-2)16-14-9-7-12(11-15)8-10-14/h4-10,16H,3H2,1-2H3/b6-5-,13-4+. The minimum absolute atomic E-state index is 0.677. The first-order valence-corrected chi connectivity index (χ1v) is 5.40. The number of anilines is 1. The lowest BCUT2D eigenvalue weighted by atomic mass is 10.2. The van der Waals surface area contributed by atoms with Gasteiger partial charge < -0.3 is 5.32 Å². The predicted octanol–water partition coefficient (Wildman–Crippen LogP) is 3.84. The number of rotatable bonds is 4. The van der Waals surface area contributed by atoms with E-state index in [0.29, 0.717) is 5.56 Å². The fourth-order valence-electron chi connectivity index (χ4n) is 1.25. The molecule has 1 aromatic rings. The Morgan fingerprint density at radius 3 is 2.56 bits per heavy atom. The molecule has 0 bridgehead atoms. The maximum Gasteiger partial charge on any atom is 0.0991 e. The molecule has 0 saturated carbocycles. The van der Waals surface area contributed by atoms with Crippen LogP contribution in [-0.4, -0.2) is 0 Å². The van der Waals surface area contributed by atoms with Crippen molar-refractivity contribution in [2.45, 2.75) is 20.3 Å². The van der Waals surface area contributed by atoms with Crippen molar-refractivity contribution in [3.8, 4) is 6.07 Å². The first-order chi connectivity index (χ1) is 7.80. The number of nitrogens with one attached hydrogen (secondary N) is 1. The van der Waals surface area contributed by atoms with Crippen LogP contribution in [0.4, 0.5) is 5.69 Å². The molecule has 1 rings (SSSR count). The zero-order valence-corrected chi connectivity index (χ0v) is 9.70. The normalized spacial score (nSPS) is 11.4. The molecular weight excluding hydrogens is 196 g/mol. The van der Waals surface area contributed by atoms with Crippen LogP contribution in [0.5, 0.6) is 0 Å². The maximum absolute atomic E-state index is 8.68. The Bertz CT molecular complexity index is 419. The average Bonchev–Trinajstić information content (AvgIpc) is 2.35. The first-order valence-electron chi connectivity index (χ1n) is 5.40. The highest BCUT2D eigenvalue weighted by atomic mass is 14.9. The molecule has 0 aromatic heterocycles. The molecule has 0 aliphatic heterocycles. The van der Waals surface area contributed by atoms with Gasteiger partial charge in [0.1, 0.15) is 0 Å². The van der Waals surface area contributed by atoms with Crippen molar-refractivity contribution >= 4 is 5.69 Å². The molecule has 2 nitrogen and oxygen atoms in total. The minimum atomic E-state index is 0.677. The largest absolute Gasteiger partial charge is 0.356 e. The fraction of sp³-hybridized carbons (Fsp3) is 0.214. The van der Waals surface area contributed by atoms with Gasteiger partial charge in [0.2, 0.25) is 0 Å². The van der Waals surface area contributed by atoms with Crippen LogP contribution >= 0.6 is 0 Å². The molecule has 0 radical (unpaired) electrons. The molecule has 1 N–H and O–H groups in total. The molecule has 0 unspecified atom stereocenters. The maximum atomic E-state index is 8.68. The van der Waals surface area contributed by atoms with Gasteiger partial charge in [0.25, 0.3) is 0 Å². The van der Waals surface area contributed by atoms with Crippen molar-refractivity contribution in [3.63, 3.8) is 0 Å². The molecule has 0 spiro atoms. The number of hydrogen-bond donors (Lipinski definition) is 1. The van der Waals surface area contributed by atoms with Gasteiger partial charge in [-0.05, 0) is 43.7 Å². The van der Waals surface area contributed by atoms with E-state index in [0.717, 1.165) is 17.8 Å². The summed E-state index contributed by atoms with van der Waals surface area (Å²) >= 11 is 0. The molecule has 0 aliphatic carbocycles. The van der Waals surface area contributed by atoms with Crippen molar-refractivity contribution in [2.24, 2.45) is 0 Å². The summed E-state index contributed by atoms with van der Waals surface area (Å²) in [5, 5.41) is 12.0. The topological polar surface area (TPSA) is 35.8 Å². The summed E-state index contributed by atoms with van der Waals surface area (Å²) in [5.74, 6) is 0.